The molecule has 3 rings (SSSR count). The summed E-state index contributed by atoms with van der Waals surface area (Å²) in [7, 11) is -4.09. The average molecular weight is 482 g/mol. The minimum atomic E-state index is -4.09. The van der Waals surface area contributed by atoms with Gasteiger partial charge >= 0.3 is 0 Å². The van der Waals surface area contributed by atoms with Crippen molar-refractivity contribution < 1.29 is 17.9 Å². The van der Waals surface area contributed by atoms with Crippen LogP contribution >= 0.6 is 27.5 Å². The number of rotatable bonds is 6. The Morgan fingerprint density at radius 3 is 2.39 bits per heavy atom. The second-order valence-electron chi connectivity index (χ2n) is 5.64. The van der Waals surface area contributed by atoms with Crippen molar-refractivity contribution in [2.24, 2.45) is 5.73 Å². The maximum atomic E-state index is 12.8. The van der Waals surface area contributed by atoms with Crippen LogP contribution in [0.3, 0.4) is 0 Å². The van der Waals surface area contributed by atoms with Gasteiger partial charge in [-0.05, 0) is 42.5 Å². The van der Waals surface area contributed by atoms with Crippen molar-refractivity contribution >= 4 is 49.1 Å². The summed E-state index contributed by atoms with van der Waals surface area (Å²) in [5.41, 5.74) is 5.37. The van der Waals surface area contributed by atoms with Crippen LogP contribution < -0.4 is 15.2 Å². The lowest BCUT2D eigenvalue weighted by Crippen LogP contribution is -2.20. The molecule has 0 heterocycles. The molecule has 3 aromatic rings. The normalized spacial score (nSPS) is 11.1. The van der Waals surface area contributed by atoms with Gasteiger partial charge in [0.2, 0.25) is 5.91 Å². The molecule has 0 spiro atoms. The second-order valence-corrected chi connectivity index (χ2v) is 8.61. The van der Waals surface area contributed by atoms with Gasteiger partial charge in [-0.25, -0.2) is 8.42 Å². The smallest absolute Gasteiger partial charge is 0.262 e. The third-order valence-corrected chi connectivity index (χ3v) is 5.90. The fourth-order valence-corrected chi connectivity index (χ4v) is 4.42. The zero-order chi connectivity index (χ0) is 20.3. The highest BCUT2D eigenvalue weighted by atomic mass is 79.9. The molecule has 0 fully saturated rings. The first-order valence-electron chi connectivity index (χ1n) is 7.91. The summed E-state index contributed by atoms with van der Waals surface area (Å²) in [5.74, 6) is -0.243. The van der Waals surface area contributed by atoms with Gasteiger partial charge in [-0.3, -0.25) is 9.52 Å². The van der Waals surface area contributed by atoms with Crippen molar-refractivity contribution in [1.82, 2.24) is 0 Å². The quantitative estimate of drug-likeness (QED) is 0.528. The van der Waals surface area contributed by atoms with Gasteiger partial charge in [-0.2, -0.15) is 0 Å². The third kappa shape index (κ3) is 4.46. The van der Waals surface area contributed by atoms with Crippen LogP contribution in [0.25, 0.3) is 0 Å². The number of hydrogen-bond donors (Lipinski definition) is 2. The van der Waals surface area contributed by atoms with Gasteiger partial charge < -0.3 is 10.5 Å². The Balaban J connectivity index is 1.97. The number of nitrogens with two attached hydrogens (primary N) is 1. The lowest BCUT2D eigenvalue weighted by atomic mass is 10.2. The van der Waals surface area contributed by atoms with Gasteiger partial charge in [0.1, 0.15) is 10.6 Å². The molecule has 3 N–H and O–H groups in total. The molecule has 1 amide bonds. The van der Waals surface area contributed by atoms with Gasteiger partial charge in [0.15, 0.2) is 5.75 Å². The number of benzene rings is 3. The number of carbonyl (C=O) groups excluding carboxylic acids is 1. The minimum absolute atomic E-state index is 0.107. The molecule has 0 radical (unpaired) electrons. The Kier molecular flexibility index (Phi) is 5.93. The van der Waals surface area contributed by atoms with E-state index in [0.717, 1.165) is 4.47 Å². The summed E-state index contributed by atoms with van der Waals surface area (Å²) in [4.78, 5) is 11.4. The van der Waals surface area contributed by atoms with Crippen molar-refractivity contribution in [2.45, 2.75) is 4.90 Å². The Morgan fingerprint density at radius 1 is 1.00 bits per heavy atom. The predicted octanol–water partition coefficient (Wildman–Crippen LogP) is 4.79. The number of sulfonamides is 1. The van der Waals surface area contributed by atoms with Gasteiger partial charge in [0, 0.05) is 4.47 Å². The topological polar surface area (TPSA) is 98.5 Å². The van der Waals surface area contributed by atoms with Gasteiger partial charge in [-0.15, -0.1) is 0 Å². The molecule has 0 atom stereocenters. The molecule has 28 heavy (non-hydrogen) atoms. The van der Waals surface area contributed by atoms with E-state index in [4.69, 9.17) is 22.1 Å². The first-order chi connectivity index (χ1) is 13.3. The van der Waals surface area contributed by atoms with Crippen LogP contribution in [0.15, 0.2) is 76.1 Å². The third-order valence-electron chi connectivity index (χ3n) is 3.69. The number of ether oxygens (including phenoxy) is 1. The molecule has 0 saturated carbocycles. The Hall–Kier alpha value is -2.55. The van der Waals surface area contributed by atoms with Gasteiger partial charge in [-0.1, -0.05) is 51.8 Å². The number of hydrogen-bond acceptors (Lipinski definition) is 4. The monoisotopic (exact) mass is 480 g/mol. The Morgan fingerprint density at radius 2 is 1.68 bits per heavy atom. The lowest BCUT2D eigenvalue weighted by Gasteiger charge is -2.15. The van der Waals surface area contributed by atoms with Crippen molar-refractivity contribution in [1.29, 1.82) is 0 Å². The van der Waals surface area contributed by atoms with Crippen LogP contribution in [0, 0.1) is 0 Å². The fraction of sp³-hybridized carbons (Fsp3) is 0. The number of anilines is 1. The molecule has 6 nitrogen and oxygen atoms in total. The fourth-order valence-electron chi connectivity index (χ4n) is 2.42. The maximum Gasteiger partial charge on any atom is 0.262 e. The molecular formula is C19H14BrClN2O4S. The number of para-hydroxylation sites is 2. The molecule has 0 aliphatic heterocycles. The van der Waals surface area contributed by atoms with Gasteiger partial charge in [0.05, 0.1) is 16.3 Å². The molecular weight excluding hydrogens is 468 g/mol. The Labute approximate surface area is 175 Å². The van der Waals surface area contributed by atoms with Crippen LogP contribution in [0.4, 0.5) is 5.69 Å². The first-order valence-corrected chi connectivity index (χ1v) is 10.6. The van der Waals surface area contributed by atoms with Crippen LogP contribution in [0.2, 0.25) is 5.02 Å². The molecule has 0 aromatic heterocycles. The van der Waals surface area contributed by atoms with Crippen LogP contribution in [0.5, 0.6) is 11.5 Å². The number of halogens is 2. The van der Waals surface area contributed by atoms with E-state index in [9.17, 15) is 13.2 Å². The summed E-state index contributed by atoms with van der Waals surface area (Å²) < 4.78 is 34.7. The van der Waals surface area contributed by atoms with Crippen LogP contribution in [-0.4, -0.2) is 14.3 Å². The minimum Gasteiger partial charge on any atom is -0.454 e. The van der Waals surface area contributed by atoms with Crippen molar-refractivity contribution in [3.8, 4) is 11.5 Å². The highest BCUT2D eigenvalue weighted by molar-refractivity contribution is 9.10. The van der Waals surface area contributed by atoms with E-state index in [1.54, 1.807) is 36.4 Å². The number of carbonyl (C=O) groups is 1. The molecule has 0 aliphatic rings. The van der Waals surface area contributed by atoms with E-state index < -0.39 is 15.9 Å². The molecule has 0 unspecified atom stereocenters. The average Bonchev–Trinajstić information content (AvgIpc) is 2.65. The summed E-state index contributed by atoms with van der Waals surface area (Å²) in [5, 5.41) is 0.353. The van der Waals surface area contributed by atoms with E-state index in [-0.39, 0.29) is 21.9 Å². The largest absolute Gasteiger partial charge is 0.454 e. The zero-order valence-corrected chi connectivity index (χ0v) is 17.4. The van der Waals surface area contributed by atoms with E-state index in [1.807, 2.05) is 0 Å². The second kappa shape index (κ2) is 8.22. The highest BCUT2D eigenvalue weighted by Crippen LogP contribution is 2.36. The molecule has 0 aliphatic carbocycles. The molecule has 0 saturated heterocycles. The molecule has 144 valence electrons. The van der Waals surface area contributed by atoms with Crippen molar-refractivity contribution in [3.63, 3.8) is 0 Å². The number of primary amides is 1. The first kappa shape index (κ1) is 20.2. The van der Waals surface area contributed by atoms with E-state index >= 15 is 0 Å². The molecule has 3 aromatic carbocycles. The molecule has 9 heteroatoms. The summed E-state index contributed by atoms with van der Waals surface area (Å²) in [6.45, 7) is 0. The van der Waals surface area contributed by atoms with Crippen molar-refractivity contribution in [2.75, 3.05) is 4.72 Å². The lowest BCUT2D eigenvalue weighted by molar-refractivity contribution is 0.0997. The summed E-state index contributed by atoms with van der Waals surface area (Å²) in [6.07, 6.45) is 0. The molecule has 0 bridgehead atoms. The number of amides is 1. The van der Waals surface area contributed by atoms with Crippen LogP contribution in [-0.2, 0) is 10.0 Å². The van der Waals surface area contributed by atoms with Crippen LogP contribution in [0.1, 0.15) is 10.4 Å². The maximum absolute atomic E-state index is 12.8. The van der Waals surface area contributed by atoms with Crippen molar-refractivity contribution in [3.05, 3.63) is 81.8 Å². The SMILES string of the molecule is NC(=O)c1ccccc1S(=O)(=O)Nc1ccccc1Oc1ccc(Br)cc1Cl. The Bertz CT molecular complexity index is 1150. The zero-order valence-electron chi connectivity index (χ0n) is 14.2. The summed E-state index contributed by atoms with van der Waals surface area (Å²) >= 11 is 9.48. The summed E-state index contributed by atoms with van der Waals surface area (Å²) in [6, 6.07) is 17.2. The van der Waals surface area contributed by atoms with E-state index in [1.165, 1.54) is 30.3 Å². The van der Waals surface area contributed by atoms with Gasteiger partial charge in [0.25, 0.3) is 10.0 Å². The van der Waals surface area contributed by atoms with E-state index in [2.05, 4.69) is 20.7 Å². The predicted molar refractivity (Wildman–Crippen MR) is 111 cm³/mol. The number of nitrogens with one attached hydrogen (secondary N) is 1. The standard InChI is InChI=1S/C19H14BrClN2O4S/c20-12-9-10-16(14(21)11-12)27-17-7-3-2-6-15(17)23-28(25,26)18-8-4-1-5-13(18)19(22)24/h1-11,23H,(H2,22,24). The highest BCUT2D eigenvalue weighted by Gasteiger charge is 2.22. The van der Waals surface area contributed by atoms with E-state index in [0.29, 0.717) is 10.8 Å².